The standard InChI is InChI=1S/C10H18F5N/c1-4-9(7(2)3,10(13,14)15)6-16-5-8(11)12/h7-8,16H,4-6H2,1-3H3. The Morgan fingerprint density at radius 3 is 1.88 bits per heavy atom. The van der Waals surface area contributed by atoms with Crippen LogP contribution in [-0.2, 0) is 0 Å². The molecule has 0 fully saturated rings. The third-order valence-electron chi connectivity index (χ3n) is 3.04. The molecule has 16 heavy (non-hydrogen) atoms. The monoisotopic (exact) mass is 247 g/mol. The summed E-state index contributed by atoms with van der Waals surface area (Å²) in [7, 11) is 0. The molecule has 0 aliphatic heterocycles. The van der Waals surface area contributed by atoms with Gasteiger partial charge in [-0.1, -0.05) is 20.8 Å². The zero-order valence-corrected chi connectivity index (χ0v) is 9.67. The lowest BCUT2D eigenvalue weighted by atomic mass is 9.74. The van der Waals surface area contributed by atoms with E-state index in [1.165, 1.54) is 20.8 Å². The second-order valence-electron chi connectivity index (χ2n) is 4.18. The van der Waals surface area contributed by atoms with Crippen molar-refractivity contribution in [3.63, 3.8) is 0 Å². The molecule has 0 spiro atoms. The lowest BCUT2D eigenvalue weighted by molar-refractivity contribution is -0.239. The van der Waals surface area contributed by atoms with E-state index < -0.39 is 37.0 Å². The van der Waals surface area contributed by atoms with Crippen LogP contribution in [-0.4, -0.2) is 25.7 Å². The van der Waals surface area contributed by atoms with Crippen LogP contribution in [0.1, 0.15) is 27.2 Å². The van der Waals surface area contributed by atoms with Crippen LogP contribution in [0.3, 0.4) is 0 Å². The number of nitrogens with one attached hydrogen (secondary N) is 1. The molecule has 0 aliphatic carbocycles. The molecule has 98 valence electrons. The first-order chi connectivity index (χ1) is 7.17. The highest BCUT2D eigenvalue weighted by Gasteiger charge is 2.54. The van der Waals surface area contributed by atoms with E-state index in [4.69, 9.17) is 0 Å². The van der Waals surface area contributed by atoms with Gasteiger partial charge in [-0.25, -0.2) is 8.78 Å². The van der Waals surface area contributed by atoms with Crippen LogP contribution in [0.25, 0.3) is 0 Å². The molecule has 0 aromatic rings. The summed E-state index contributed by atoms with van der Waals surface area (Å²) in [4.78, 5) is 0. The maximum atomic E-state index is 12.9. The summed E-state index contributed by atoms with van der Waals surface area (Å²) >= 11 is 0. The van der Waals surface area contributed by atoms with E-state index in [0.717, 1.165) is 0 Å². The zero-order valence-electron chi connectivity index (χ0n) is 9.67. The fourth-order valence-corrected chi connectivity index (χ4v) is 1.77. The van der Waals surface area contributed by atoms with Crippen LogP contribution in [0, 0.1) is 11.3 Å². The molecule has 0 aliphatic rings. The molecular formula is C10H18F5N. The van der Waals surface area contributed by atoms with Crippen molar-refractivity contribution < 1.29 is 22.0 Å². The molecule has 1 atom stereocenters. The molecule has 0 saturated carbocycles. The Morgan fingerprint density at radius 2 is 1.62 bits per heavy atom. The number of alkyl halides is 5. The lowest BCUT2D eigenvalue weighted by Crippen LogP contribution is -2.50. The van der Waals surface area contributed by atoms with Crippen molar-refractivity contribution in [2.45, 2.75) is 39.8 Å². The van der Waals surface area contributed by atoms with Crippen molar-refractivity contribution in [2.24, 2.45) is 11.3 Å². The van der Waals surface area contributed by atoms with Crippen LogP contribution in [0.4, 0.5) is 22.0 Å². The first-order valence-corrected chi connectivity index (χ1v) is 5.23. The second-order valence-corrected chi connectivity index (χ2v) is 4.18. The highest BCUT2D eigenvalue weighted by molar-refractivity contribution is 4.90. The van der Waals surface area contributed by atoms with Gasteiger partial charge in [-0.2, -0.15) is 13.2 Å². The molecule has 1 nitrogen and oxygen atoms in total. The zero-order chi connectivity index (χ0) is 13.0. The Morgan fingerprint density at radius 1 is 1.12 bits per heavy atom. The van der Waals surface area contributed by atoms with Gasteiger partial charge in [0.15, 0.2) is 0 Å². The van der Waals surface area contributed by atoms with Gasteiger partial charge >= 0.3 is 6.18 Å². The van der Waals surface area contributed by atoms with Gasteiger partial charge in [-0.15, -0.1) is 0 Å². The van der Waals surface area contributed by atoms with Crippen molar-refractivity contribution in [1.29, 1.82) is 0 Å². The van der Waals surface area contributed by atoms with Crippen LogP contribution in [0.2, 0.25) is 0 Å². The van der Waals surface area contributed by atoms with E-state index in [9.17, 15) is 22.0 Å². The minimum absolute atomic E-state index is 0.121. The van der Waals surface area contributed by atoms with E-state index in [0.29, 0.717) is 0 Å². The summed E-state index contributed by atoms with van der Waals surface area (Å²) in [5.74, 6) is -0.650. The van der Waals surface area contributed by atoms with Gasteiger partial charge in [-0.3, -0.25) is 0 Å². The Hall–Kier alpha value is -0.390. The Bertz CT molecular complexity index is 202. The second kappa shape index (κ2) is 5.80. The summed E-state index contributed by atoms with van der Waals surface area (Å²) < 4.78 is 62.5. The van der Waals surface area contributed by atoms with E-state index in [1.807, 2.05) is 0 Å². The van der Waals surface area contributed by atoms with Crippen molar-refractivity contribution in [3.8, 4) is 0 Å². The normalized spacial score (nSPS) is 16.9. The highest BCUT2D eigenvalue weighted by Crippen LogP contribution is 2.46. The fraction of sp³-hybridized carbons (Fsp3) is 1.00. The quantitative estimate of drug-likeness (QED) is 0.709. The largest absolute Gasteiger partial charge is 0.395 e. The number of rotatable bonds is 6. The van der Waals surface area contributed by atoms with Crippen molar-refractivity contribution in [3.05, 3.63) is 0 Å². The predicted octanol–water partition coefficient (Wildman–Crippen LogP) is 3.46. The SMILES string of the molecule is CCC(CNCC(F)F)(C(C)C)C(F)(F)F. The van der Waals surface area contributed by atoms with Gasteiger partial charge in [0.25, 0.3) is 6.43 Å². The van der Waals surface area contributed by atoms with Crippen molar-refractivity contribution in [2.75, 3.05) is 13.1 Å². The van der Waals surface area contributed by atoms with Crippen molar-refractivity contribution in [1.82, 2.24) is 5.32 Å². The number of hydrogen-bond acceptors (Lipinski definition) is 1. The molecule has 0 saturated heterocycles. The van der Waals surface area contributed by atoms with Crippen LogP contribution in [0.15, 0.2) is 0 Å². The summed E-state index contributed by atoms with van der Waals surface area (Å²) in [6.07, 6.45) is -7.13. The average molecular weight is 247 g/mol. The van der Waals surface area contributed by atoms with E-state index >= 15 is 0 Å². The van der Waals surface area contributed by atoms with Crippen LogP contribution in [0.5, 0.6) is 0 Å². The van der Waals surface area contributed by atoms with Gasteiger partial charge < -0.3 is 5.32 Å². The molecule has 1 N–H and O–H groups in total. The average Bonchev–Trinajstić information content (AvgIpc) is 2.09. The van der Waals surface area contributed by atoms with Gasteiger partial charge in [-0.05, 0) is 12.3 Å². The molecule has 0 amide bonds. The Balaban J connectivity index is 4.67. The molecule has 0 bridgehead atoms. The molecule has 0 rings (SSSR count). The minimum Gasteiger partial charge on any atom is -0.311 e. The van der Waals surface area contributed by atoms with Crippen LogP contribution >= 0.6 is 0 Å². The summed E-state index contributed by atoms with van der Waals surface area (Å²) in [5.41, 5.74) is -1.93. The summed E-state index contributed by atoms with van der Waals surface area (Å²) in [6.45, 7) is 3.18. The van der Waals surface area contributed by atoms with Gasteiger partial charge in [0.2, 0.25) is 0 Å². The molecule has 0 aromatic carbocycles. The number of halogens is 5. The smallest absolute Gasteiger partial charge is 0.311 e. The topological polar surface area (TPSA) is 12.0 Å². The molecule has 0 heterocycles. The third kappa shape index (κ3) is 3.57. The highest BCUT2D eigenvalue weighted by atomic mass is 19.4. The van der Waals surface area contributed by atoms with E-state index in [-0.39, 0.29) is 6.42 Å². The Kier molecular flexibility index (Phi) is 5.65. The predicted molar refractivity (Wildman–Crippen MR) is 52.5 cm³/mol. The van der Waals surface area contributed by atoms with Crippen molar-refractivity contribution >= 4 is 0 Å². The molecule has 6 heteroatoms. The van der Waals surface area contributed by atoms with Gasteiger partial charge in [0, 0.05) is 6.54 Å². The maximum Gasteiger partial charge on any atom is 0.395 e. The van der Waals surface area contributed by atoms with E-state index in [2.05, 4.69) is 5.32 Å². The van der Waals surface area contributed by atoms with Gasteiger partial charge in [0.1, 0.15) is 0 Å². The van der Waals surface area contributed by atoms with Crippen LogP contribution < -0.4 is 5.32 Å². The minimum atomic E-state index is -4.38. The fourth-order valence-electron chi connectivity index (χ4n) is 1.77. The third-order valence-corrected chi connectivity index (χ3v) is 3.04. The van der Waals surface area contributed by atoms with Gasteiger partial charge in [0.05, 0.1) is 12.0 Å². The first kappa shape index (κ1) is 15.6. The lowest BCUT2D eigenvalue weighted by Gasteiger charge is -2.38. The molecular weight excluding hydrogens is 229 g/mol. The summed E-state index contributed by atoms with van der Waals surface area (Å²) in [6, 6.07) is 0. The number of hydrogen-bond donors (Lipinski definition) is 1. The molecule has 0 radical (unpaired) electrons. The Labute approximate surface area is 92.4 Å². The maximum absolute atomic E-state index is 12.9. The molecule has 1 unspecified atom stereocenters. The molecule has 0 aromatic heterocycles. The first-order valence-electron chi connectivity index (χ1n) is 5.23. The summed E-state index contributed by atoms with van der Waals surface area (Å²) in [5, 5.41) is 2.19. The van der Waals surface area contributed by atoms with E-state index in [1.54, 1.807) is 0 Å².